The molecule has 3 aromatic carbocycles. The number of hydrogen-bond donors (Lipinski definition) is 3. The fraction of sp³-hybridized carbons (Fsp3) is 0.222. The summed E-state index contributed by atoms with van der Waals surface area (Å²) in [7, 11) is 0. The van der Waals surface area contributed by atoms with Crippen molar-refractivity contribution in [2.45, 2.75) is 37.8 Å². The quantitative estimate of drug-likeness (QED) is 0.221. The topological polar surface area (TPSA) is 122 Å². The highest BCUT2D eigenvalue weighted by molar-refractivity contribution is 7.99. The van der Waals surface area contributed by atoms with E-state index in [2.05, 4.69) is 46.9 Å². The number of nitrogens with zero attached hydrogens (tertiary/aromatic N) is 4. The van der Waals surface area contributed by atoms with E-state index in [4.69, 9.17) is 23.2 Å². The van der Waals surface area contributed by atoms with Gasteiger partial charge in [-0.15, -0.1) is 5.10 Å². The van der Waals surface area contributed by atoms with E-state index in [1.165, 1.54) is 16.8 Å². The van der Waals surface area contributed by atoms with Crippen molar-refractivity contribution >= 4 is 58.2 Å². The zero-order chi connectivity index (χ0) is 28.2. The average Bonchev–Trinajstić information content (AvgIpc) is 3.33. The van der Waals surface area contributed by atoms with Crippen molar-refractivity contribution in [3.63, 3.8) is 0 Å². The number of amides is 2. The van der Waals surface area contributed by atoms with Crippen molar-refractivity contribution in [2.24, 2.45) is 0 Å². The van der Waals surface area contributed by atoms with E-state index in [1.54, 1.807) is 30.3 Å². The lowest BCUT2D eigenvalue weighted by Crippen LogP contribution is -2.16. The summed E-state index contributed by atoms with van der Waals surface area (Å²) < 4.78 is 1.49. The van der Waals surface area contributed by atoms with Crippen LogP contribution in [0.1, 0.15) is 31.9 Å². The van der Waals surface area contributed by atoms with E-state index in [1.807, 2.05) is 18.2 Å². The standard InChI is InChI=1S/C27H26Cl2N6O3S/c1-27(2,3)17-8-11-22(20(29)13-17)35-26(32-33-34-35)39-15-25(38)31-21-10-9-18(14-19(21)28)30-24(37)12-16-6-4-5-7-23(16)36/h4-11,13-14,36H,12,15H2,1-3H3,(H,30,37)(H,31,38). The van der Waals surface area contributed by atoms with E-state index in [9.17, 15) is 14.7 Å². The smallest absolute Gasteiger partial charge is 0.234 e. The highest BCUT2D eigenvalue weighted by Gasteiger charge is 2.19. The first kappa shape index (κ1) is 28.4. The van der Waals surface area contributed by atoms with E-state index < -0.39 is 0 Å². The zero-order valence-corrected chi connectivity index (χ0v) is 23.7. The molecule has 0 unspecified atom stereocenters. The van der Waals surface area contributed by atoms with Crippen LogP contribution in [0.15, 0.2) is 65.8 Å². The van der Waals surface area contributed by atoms with Crippen LogP contribution in [-0.4, -0.2) is 42.9 Å². The summed E-state index contributed by atoms with van der Waals surface area (Å²) in [6.45, 7) is 6.30. The number of hydrogen-bond acceptors (Lipinski definition) is 7. The molecule has 0 aliphatic heterocycles. The fourth-order valence-electron chi connectivity index (χ4n) is 3.61. The Morgan fingerprint density at radius 3 is 2.44 bits per heavy atom. The molecule has 39 heavy (non-hydrogen) atoms. The molecule has 0 bridgehead atoms. The minimum absolute atomic E-state index is 0.00538. The number of aromatic nitrogens is 4. The number of carbonyl (C=O) groups is 2. The molecule has 4 rings (SSSR count). The highest BCUT2D eigenvalue weighted by atomic mass is 35.5. The number of nitrogens with one attached hydrogen (secondary N) is 2. The molecule has 0 atom stereocenters. The van der Waals surface area contributed by atoms with Crippen LogP contribution in [0.2, 0.25) is 10.0 Å². The van der Waals surface area contributed by atoms with Gasteiger partial charge in [0.25, 0.3) is 0 Å². The van der Waals surface area contributed by atoms with E-state index in [-0.39, 0.29) is 40.2 Å². The van der Waals surface area contributed by atoms with E-state index in [0.29, 0.717) is 32.8 Å². The van der Waals surface area contributed by atoms with Gasteiger partial charge in [-0.1, -0.05) is 80.0 Å². The molecule has 0 saturated heterocycles. The van der Waals surface area contributed by atoms with Gasteiger partial charge in [-0.3, -0.25) is 9.59 Å². The Morgan fingerprint density at radius 1 is 0.974 bits per heavy atom. The van der Waals surface area contributed by atoms with Gasteiger partial charge in [0.15, 0.2) is 0 Å². The molecule has 9 nitrogen and oxygen atoms in total. The number of aromatic hydroxyl groups is 1. The maximum Gasteiger partial charge on any atom is 0.234 e. The van der Waals surface area contributed by atoms with Crippen molar-refractivity contribution in [2.75, 3.05) is 16.4 Å². The second-order valence-electron chi connectivity index (χ2n) is 9.67. The molecule has 202 valence electrons. The van der Waals surface area contributed by atoms with Crippen LogP contribution in [0, 0.1) is 0 Å². The SMILES string of the molecule is CC(C)(C)c1ccc(-n2nnnc2SCC(=O)Nc2ccc(NC(=O)Cc3ccccc3O)cc2Cl)c(Cl)c1. The molecule has 3 N–H and O–H groups in total. The fourth-order valence-corrected chi connectivity index (χ4v) is 4.79. The highest BCUT2D eigenvalue weighted by Crippen LogP contribution is 2.31. The number of thioether (sulfide) groups is 1. The molecule has 0 saturated carbocycles. The normalized spacial score (nSPS) is 11.3. The lowest BCUT2D eigenvalue weighted by molar-refractivity contribution is -0.116. The Morgan fingerprint density at radius 2 is 1.74 bits per heavy atom. The molecule has 0 aliphatic rings. The Kier molecular flexibility index (Phi) is 8.79. The summed E-state index contributed by atoms with van der Waals surface area (Å²) in [5.74, 6) is -0.557. The minimum Gasteiger partial charge on any atom is -0.508 e. The second-order valence-corrected chi connectivity index (χ2v) is 11.4. The lowest BCUT2D eigenvalue weighted by atomic mass is 9.87. The van der Waals surface area contributed by atoms with Crippen molar-refractivity contribution < 1.29 is 14.7 Å². The van der Waals surface area contributed by atoms with Gasteiger partial charge in [0.2, 0.25) is 17.0 Å². The molecule has 12 heteroatoms. The molecule has 0 radical (unpaired) electrons. The number of phenols is 1. The number of carbonyl (C=O) groups excluding carboxylic acids is 2. The molecule has 2 amide bonds. The number of para-hydroxylation sites is 1. The number of halogens is 2. The first-order valence-corrected chi connectivity index (χ1v) is 13.6. The van der Waals surface area contributed by atoms with Crippen LogP contribution in [0.3, 0.4) is 0 Å². The molecule has 1 aromatic heterocycles. The van der Waals surface area contributed by atoms with Gasteiger partial charge >= 0.3 is 0 Å². The summed E-state index contributed by atoms with van der Waals surface area (Å²) in [4.78, 5) is 25.0. The second kappa shape index (κ2) is 12.1. The largest absolute Gasteiger partial charge is 0.508 e. The van der Waals surface area contributed by atoms with Gasteiger partial charge in [-0.25, -0.2) is 0 Å². The molecule has 1 heterocycles. The Bertz CT molecular complexity index is 1520. The molecule has 0 fully saturated rings. The third kappa shape index (κ3) is 7.29. The predicted octanol–water partition coefficient (Wildman–Crippen LogP) is 5.88. The van der Waals surface area contributed by atoms with Gasteiger partial charge in [0.05, 0.1) is 33.6 Å². The summed E-state index contributed by atoms with van der Waals surface area (Å²) in [5, 5.41) is 28.3. The first-order chi connectivity index (χ1) is 18.5. The van der Waals surface area contributed by atoms with Gasteiger partial charge in [-0.2, -0.15) is 4.68 Å². The number of tetrazole rings is 1. The zero-order valence-electron chi connectivity index (χ0n) is 21.4. The summed E-state index contributed by atoms with van der Waals surface area (Å²) in [6, 6.07) is 17.1. The maximum atomic E-state index is 12.6. The van der Waals surface area contributed by atoms with Crippen LogP contribution < -0.4 is 10.6 Å². The van der Waals surface area contributed by atoms with Gasteiger partial charge in [0, 0.05) is 11.3 Å². The van der Waals surface area contributed by atoms with E-state index in [0.717, 1.165) is 17.3 Å². The summed E-state index contributed by atoms with van der Waals surface area (Å²) in [5.41, 5.74) is 2.99. The molecule has 0 spiro atoms. The van der Waals surface area contributed by atoms with Crippen LogP contribution in [0.4, 0.5) is 11.4 Å². The monoisotopic (exact) mass is 584 g/mol. The lowest BCUT2D eigenvalue weighted by Gasteiger charge is -2.20. The Balaban J connectivity index is 1.35. The average molecular weight is 586 g/mol. The first-order valence-electron chi connectivity index (χ1n) is 11.9. The predicted molar refractivity (Wildman–Crippen MR) is 154 cm³/mol. The van der Waals surface area contributed by atoms with Gasteiger partial charge in [-0.05, 0) is 57.8 Å². The Hall–Kier alpha value is -3.60. The van der Waals surface area contributed by atoms with Crippen LogP contribution in [0.25, 0.3) is 5.69 Å². The third-order valence-corrected chi connectivity index (χ3v) is 7.22. The summed E-state index contributed by atoms with van der Waals surface area (Å²) >= 11 is 14.0. The van der Waals surface area contributed by atoms with Crippen LogP contribution >= 0.6 is 35.0 Å². The van der Waals surface area contributed by atoms with Crippen molar-refractivity contribution in [3.05, 3.63) is 81.8 Å². The van der Waals surface area contributed by atoms with Gasteiger partial charge < -0.3 is 15.7 Å². The molecular formula is C27H26Cl2N6O3S. The van der Waals surface area contributed by atoms with Gasteiger partial charge in [0.1, 0.15) is 5.75 Å². The summed E-state index contributed by atoms with van der Waals surface area (Å²) in [6.07, 6.45) is 0.00538. The Labute approximate surface area is 239 Å². The molecular weight excluding hydrogens is 559 g/mol. The van der Waals surface area contributed by atoms with Crippen molar-refractivity contribution in [1.29, 1.82) is 0 Å². The minimum atomic E-state index is -0.318. The van der Waals surface area contributed by atoms with E-state index >= 15 is 0 Å². The number of phenolic OH excluding ortho intramolecular Hbond substituents is 1. The number of rotatable bonds is 8. The number of anilines is 2. The third-order valence-electron chi connectivity index (χ3n) is 5.68. The van der Waals surface area contributed by atoms with Crippen LogP contribution in [0.5, 0.6) is 5.75 Å². The molecule has 0 aliphatic carbocycles. The maximum absolute atomic E-state index is 12.6. The van der Waals surface area contributed by atoms with Crippen LogP contribution in [-0.2, 0) is 21.4 Å². The van der Waals surface area contributed by atoms with Crippen molar-refractivity contribution in [1.82, 2.24) is 20.2 Å². The molecule has 4 aromatic rings. The van der Waals surface area contributed by atoms with Crippen molar-refractivity contribution in [3.8, 4) is 11.4 Å². The number of benzene rings is 3.